The van der Waals surface area contributed by atoms with Crippen LogP contribution in [-0.2, 0) is 11.2 Å². The van der Waals surface area contributed by atoms with Crippen molar-refractivity contribution in [2.75, 3.05) is 6.54 Å². The van der Waals surface area contributed by atoms with Gasteiger partial charge < -0.3 is 5.32 Å². The molecule has 0 spiro atoms. The van der Waals surface area contributed by atoms with E-state index in [1.807, 2.05) is 23.6 Å². The van der Waals surface area contributed by atoms with Crippen LogP contribution in [0.4, 0.5) is 0 Å². The fourth-order valence-corrected chi connectivity index (χ4v) is 2.37. The molecule has 0 fully saturated rings. The predicted molar refractivity (Wildman–Crippen MR) is 81.2 cm³/mol. The van der Waals surface area contributed by atoms with Crippen molar-refractivity contribution in [1.82, 2.24) is 5.32 Å². The lowest BCUT2D eigenvalue weighted by Gasteiger charge is -2.00. The molecule has 0 atom stereocenters. The first-order valence-electron chi connectivity index (χ1n) is 6.26. The molecule has 0 radical (unpaired) electrons. The number of amides is 1. The van der Waals surface area contributed by atoms with Gasteiger partial charge in [0, 0.05) is 17.5 Å². The van der Waals surface area contributed by atoms with Gasteiger partial charge in [-0.25, -0.2) is 0 Å². The molecular weight excluding hydrogens is 268 g/mol. The third-order valence-corrected chi connectivity index (χ3v) is 3.65. The van der Waals surface area contributed by atoms with Crippen molar-refractivity contribution < 1.29 is 4.79 Å². The molecule has 3 nitrogen and oxygen atoms in total. The molecular formula is C16H14N2OS. The van der Waals surface area contributed by atoms with Gasteiger partial charge in [-0.2, -0.15) is 5.26 Å². The second kappa shape index (κ2) is 7.27. The summed E-state index contributed by atoms with van der Waals surface area (Å²) in [7, 11) is 0. The van der Waals surface area contributed by atoms with E-state index in [-0.39, 0.29) is 5.91 Å². The maximum Gasteiger partial charge on any atom is 0.244 e. The molecule has 1 aromatic carbocycles. The second-order valence-electron chi connectivity index (χ2n) is 4.19. The Bertz CT molecular complexity index is 621. The van der Waals surface area contributed by atoms with Crippen molar-refractivity contribution in [3.05, 3.63) is 63.9 Å². The fourth-order valence-electron chi connectivity index (χ4n) is 1.66. The summed E-state index contributed by atoms with van der Waals surface area (Å²) in [6.45, 7) is 0.636. The Kier molecular flexibility index (Phi) is 5.10. The number of hydrogen-bond acceptors (Lipinski definition) is 3. The minimum atomic E-state index is -0.106. The quantitative estimate of drug-likeness (QED) is 0.857. The van der Waals surface area contributed by atoms with E-state index in [0.717, 1.165) is 12.0 Å². The number of hydrogen-bond donors (Lipinski definition) is 1. The molecule has 2 aromatic rings. The molecule has 0 unspecified atom stereocenters. The molecule has 0 saturated carbocycles. The summed E-state index contributed by atoms with van der Waals surface area (Å²) in [5.41, 5.74) is 1.51. The Hall–Kier alpha value is -2.38. The maximum atomic E-state index is 11.6. The number of carbonyl (C=O) groups excluding carboxylic acids is 1. The van der Waals surface area contributed by atoms with Gasteiger partial charge in [-0.15, -0.1) is 11.3 Å². The molecule has 1 amide bonds. The number of rotatable bonds is 5. The van der Waals surface area contributed by atoms with E-state index < -0.39 is 0 Å². The first kappa shape index (κ1) is 14.0. The Morgan fingerprint density at radius 2 is 2.10 bits per heavy atom. The second-order valence-corrected chi connectivity index (χ2v) is 5.22. The van der Waals surface area contributed by atoms with Gasteiger partial charge in [0.1, 0.15) is 0 Å². The molecule has 0 bridgehead atoms. The van der Waals surface area contributed by atoms with Gasteiger partial charge in [0.25, 0.3) is 0 Å². The van der Waals surface area contributed by atoms with Crippen LogP contribution in [0.5, 0.6) is 0 Å². The van der Waals surface area contributed by atoms with Crippen molar-refractivity contribution in [2.24, 2.45) is 0 Å². The van der Waals surface area contributed by atoms with E-state index in [1.54, 1.807) is 29.5 Å². The Labute approximate surface area is 122 Å². The summed E-state index contributed by atoms with van der Waals surface area (Å²) in [5.74, 6) is -0.106. The van der Waals surface area contributed by atoms with Gasteiger partial charge in [0.05, 0.1) is 11.6 Å². The third-order valence-electron chi connectivity index (χ3n) is 2.72. The fraction of sp³-hybridized carbons (Fsp3) is 0.125. The zero-order valence-electron chi connectivity index (χ0n) is 10.9. The van der Waals surface area contributed by atoms with Crippen molar-refractivity contribution in [3.63, 3.8) is 0 Å². The van der Waals surface area contributed by atoms with Crippen LogP contribution in [-0.4, -0.2) is 12.5 Å². The maximum absolute atomic E-state index is 11.6. The van der Waals surface area contributed by atoms with E-state index >= 15 is 0 Å². The third kappa shape index (κ3) is 4.38. The van der Waals surface area contributed by atoms with Crippen molar-refractivity contribution in [1.29, 1.82) is 5.26 Å². The van der Waals surface area contributed by atoms with E-state index in [2.05, 4.69) is 17.5 Å². The van der Waals surface area contributed by atoms with Crippen LogP contribution in [0, 0.1) is 11.3 Å². The van der Waals surface area contributed by atoms with Crippen LogP contribution in [0.25, 0.3) is 6.08 Å². The lowest BCUT2D eigenvalue weighted by molar-refractivity contribution is -0.116. The molecule has 1 heterocycles. The molecule has 2 rings (SSSR count). The summed E-state index contributed by atoms with van der Waals surface area (Å²) >= 11 is 1.69. The van der Waals surface area contributed by atoms with Crippen LogP contribution in [0.15, 0.2) is 47.9 Å². The smallest absolute Gasteiger partial charge is 0.244 e. The van der Waals surface area contributed by atoms with E-state index in [0.29, 0.717) is 12.1 Å². The Morgan fingerprint density at radius 1 is 1.30 bits per heavy atom. The lowest BCUT2D eigenvalue weighted by Crippen LogP contribution is -2.23. The van der Waals surface area contributed by atoms with Gasteiger partial charge in [-0.3, -0.25) is 4.79 Å². The number of nitrogens with zero attached hydrogens (tertiary/aromatic N) is 1. The normalized spacial score (nSPS) is 10.3. The lowest BCUT2D eigenvalue weighted by atomic mass is 10.1. The molecule has 0 saturated heterocycles. The first-order chi connectivity index (χ1) is 9.78. The number of nitrogens with one attached hydrogen (secondary N) is 1. The van der Waals surface area contributed by atoms with E-state index in [4.69, 9.17) is 5.26 Å². The average molecular weight is 282 g/mol. The molecule has 20 heavy (non-hydrogen) atoms. The number of benzene rings is 1. The predicted octanol–water partition coefficient (Wildman–Crippen LogP) is 2.99. The summed E-state index contributed by atoms with van der Waals surface area (Å²) < 4.78 is 0. The van der Waals surface area contributed by atoms with Gasteiger partial charge >= 0.3 is 0 Å². The SMILES string of the molecule is N#Cc1ccc(/C=C/C(=O)NCCc2cccs2)cc1. The van der Waals surface area contributed by atoms with E-state index in [1.165, 1.54) is 11.0 Å². The van der Waals surface area contributed by atoms with Gasteiger partial charge in [-0.05, 0) is 41.6 Å². The van der Waals surface area contributed by atoms with Gasteiger partial charge in [0.15, 0.2) is 0 Å². The molecule has 100 valence electrons. The molecule has 0 aliphatic rings. The summed E-state index contributed by atoms with van der Waals surface area (Å²) in [6.07, 6.45) is 4.10. The van der Waals surface area contributed by atoms with E-state index in [9.17, 15) is 4.79 Å². The zero-order valence-corrected chi connectivity index (χ0v) is 11.7. The van der Waals surface area contributed by atoms with Crippen LogP contribution >= 0.6 is 11.3 Å². The minimum absolute atomic E-state index is 0.106. The Balaban J connectivity index is 1.78. The highest BCUT2D eigenvalue weighted by molar-refractivity contribution is 7.09. The average Bonchev–Trinajstić information content (AvgIpc) is 2.99. The summed E-state index contributed by atoms with van der Waals surface area (Å²) in [4.78, 5) is 12.9. The summed E-state index contributed by atoms with van der Waals surface area (Å²) in [5, 5.41) is 13.6. The highest BCUT2D eigenvalue weighted by Crippen LogP contribution is 2.08. The molecule has 4 heteroatoms. The largest absolute Gasteiger partial charge is 0.352 e. The summed E-state index contributed by atoms with van der Waals surface area (Å²) in [6, 6.07) is 13.2. The van der Waals surface area contributed by atoms with Crippen molar-refractivity contribution in [3.8, 4) is 6.07 Å². The standard InChI is InChI=1S/C16H14N2OS/c17-12-14-5-3-13(4-6-14)7-8-16(19)18-10-9-15-2-1-11-20-15/h1-8,11H,9-10H2,(H,18,19)/b8-7+. The zero-order chi connectivity index (χ0) is 14.2. The van der Waals surface area contributed by atoms with Crippen LogP contribution in [0.1, 0.15) is 16.0 Å². The first-order valence-corrected chi connectivity index (χ1v) is 7.14. The number of nitriles is 1. The molecule has 0 aliphatic carbocycles. The molecule has 1 N–H and O–H groups in total. The highest BCUT2D eigenvalue weighted by Gasteiger charge is 1.97. The van der Waals surface area contributed by atoms with Crippen LogP contribution in [0.3, 0.4) is 0 Å². The number of thiophene rings is 1. The van der Waals surface area contributed by atoms with Gasteiger partial charge in [0.2, 0.25) is 5.91 Å². The topological polar surface area (TPSA) is 52.9 Å². The highest BCUT2D eigenvalue weighted by atomic mass is 32.1. The minimum Gasteiger partial charge on any atom is -0.352 e. The van der Waals surface area contributed by atoms with Crippen LogP contribution in [0.2, 0.25) is 0 Å². The molecule has 0 aliphatic heterocycles. The molecule has 1 aromatic heterocycles. The van der Waals surface area contributed by atoms with Crippen molar-refractivity contribution >= 4 is 23.3 Å². The Morgan fingerprint density at radius 3 is 2.75 bits per heavy atom. The van der Waals surface area contributed by atoms with Crippen molar-refractivity contribution in [2.45, 2.75) is 6.42 Å². The van der Waals surface area contributed by atoms with Crippen LogP contribution < -0.4 is 5.32 Å². The number of carbonyl (C=O) groups is 1. The van der Waals surface area contributed by atoms with Gasteiger partial charge in [-0.1, -0.05) is 18.2 Å². The monoisotopic (exact) mass is 282 g/mol.